The maximum atomic E-state index is 10.0. The normalized spacial score (nSPS) is 12.6. The van der Waals surface area contributed by atoms with Crippen molar-refractivity contribution in [3.05, 3.63) is 25.4 Å². The third kappa shape index (κ3) is 15.5. The molecule has 334 valence electrons. The van der Waals surface area contributed by atoms with Crippen LogP contribution in [-0.2, 0) is 13.1 Å². The fraction of sp³-hybridized carbons (Fsp3) is 0.667. The summed E-state index contributed by atoms with van der Waals surface area (Å²) in [6, 6.07) is 0. The molecule has 0 heterocycles. The number of benzene rings is 2. The maximum absolute atomic E-state index is 10.0. The van der Waals surface area contributed by atoms with Crippen LogP contribution in [0.2, 0.25) is 0 Å². The minimum Gasteiger partial charge on any atom is -0.390 e. The monoisotopic (exact) mass is 1390 g/mol. The molecule has 0 spiro atoms. The summed E-state index contributed by atoms with van der Waals surface area (Å²) >= 11 is 43.2. The zero-order valence-corrected chi connectivity index (χ0v) is 47.4. The number of aliphatic hydroxyl groups is 6. The van der Waals surface area contributed by atoms with E-state index < -0.39 is 0 Å². The smallest absolute Gasteiger partial charge is 0.162 e. The lowest BCUT2D eigenvalue weighted by atomic mass is 10.1. The van der Waals surface area contributed by atoms with Crippen LogP contribution in [0.3, 0.4) is 0 Å². The summed E-state index contributed by atoms with van der Waals surface area (Å²) < 4.78 is 4.16. The van der Waals surface area contributed by atoms with Gasteiger partial charge >= 0.3 is 0 Å². The Morgan fingerprint density at radius 2 is 0.603 bits per heavy atom. The van der Waals surface area contributed by atoms with Gasteiger partial charge in [-0.15, -0.1) is 50.5 Å². The van der Waals surface area contributed by atoms with Crippen molar-refractivity contribution in [1.29, 1.82) is 0 Å². The molecule has 0 aliphatic heterocycles. The zero-order valence-electron chi connectivity index (χ0n) is 32.5. The van der Waals surface area contributed by atoms with Crippen LogP contribution in [0.1, 0.15) is 11.1 Å². The van der Waals surface area contributed by atoms with Crippen molar-refractivity contribution < 1.29 is 30.6 Å². The minimum atomic E-state index is -0.0920. The molecule has 0 aromatic heterocycles. The highest BCUT2D eigenvalue weighted by Gasteiger charge is 2.38. The second kappa shape index (κ2) is 29.9. The second-order valence-corrected chi connectivity index (χ2v) is 21.3. The highest BCUT2D eigenvalue weighted by molar-refractivity contribution is 14.1. The van der Waals surface area contributed by atoms with Gasteiger partial charge in [-0.3, -0.25) is 23.7 Å². The largest absolute Gasteiger partial charge is 0.390 e. The molecule has 0 aliphatic rings. The lowest BCUT2D eigenvalue weighted by molar-refractivity contribution is 0.136. The van der Waals surface area contributed by atoms with Crippen LogP contribution in [0.4, 0.5) is 11.4 Å². The van der Waals surface area contributed by atoms with Crippen molar-refractivity contribution >= 4 is 190 Å². The minimum absolute atomic E-state index is 0.0920. The van der Waals surface area contributed by atoms with E-state index >= 15 is 0 Å². The van der Waals surface area contributed by atoms with Crippen molar-refractivity contribution in [3.8, 4) is 0 Å². The molecule has 6 N–H and O–H groups in total. The van der Waals surface area contributed by atoms with Gasteiger partial charge in [0.05, 0.1) is 53.9 Å². The van der Waals surface area contributed by atoms with Crippen LogP contribution in [0.15, 0.2) is 19.6 Å². The molecule has 2 aromatic rings. The van der Waals surface area contributed by atoms with Gasteiger partial charge in [0.15, 0.2) is 11.4 Å². The Hall–Kier alpha value is 3.37. The van der Waals surface area contributed by atoms with E-state index in [1.165, 1.54) is 0 Å². The molecule has 2 aromatic carbocycles. The number of hydrogen-bond donors (Lipinski definition) is 13. The summed E-state index contributed by atoms with van der Waals surface area (Å²) in [4.78, 5) is 10.4. The summed E-state index contributed by atoms with van der Waals surface area (Å²) in [6.07, 6.45) is 0. The molecule has 0 saturated heterocycles. The van der Waals surface area contributed by atoms with E-state index in [0.29, 0.717) is 69.6 Å². The molecule has 2 rings (SSSR count). The van der Waals surface area contributed by atoms with Gasteiger partial charge in [0, 0.05) is 95.7 Å². The van der Waals surface area contributed by atoms with Crippen molar-refractivity contribution in [3.63, 3.8) is 0 Å². The number of hydrogen-bond acceptors (Lipinski definition) is 16. The fourth-order valence-electron chi connectivity index (χ4n) is 7.33. The van der Waals surface area contributed by atoms with Gasteiger partial charge in [-0.25, -0.2) is 0 Å². The molecule has 0 aliphatic carbocycles. The number of aliphatic hydroxyl groups excluding tert-OH is 6. The number of rotatable bonds is 30. The first-order valence-corrected chi connectivity index (χ1v) is 26.9. The average Bonchev–Trinajstić information content (AvgIpc) is 3.18. The van der Waals surface area contributed by atoms with Gasteiger partial charge < -0.3 is 30.6 Å². The fourth-order valence-corrected chi connectivity index (χ4v) is 15.0. The predicted molar refractivity (Wildman–Crippen MR) is 297 cm³/mol. The van der Waals surface area contributed by atoms with Crippen LogP contribution >= 0.6 is 179 Å². The summed E-state index contributed by atoms with van der Waals surface area (Å²) in [5.74, 6) is 2.07. The third-order valence-corrected chi connectivity index (χ3v) is 18.9. The predicted octanol–water partition coefficient (Wildman–Crippen LogP) is 4.22. The Balaban J connectivity index is 2.38. The van der Waals surface area contributed by atoms with Crippen LogP contribution in [0, 0.1) is 14.3 Å². The van der Waals surface area contributed by atoms with Crippen LogP contribution in [0.5, 0.6) is 0 Å². The van der Waals surface area contributed by atoms with E-state index in [2.05, 4.69) is 143 Å². The molecule has 58 heavy (non-hydrogen) atoms. The highest BCUT2D eigenvalue weighted by Crippen LogP contribution is 2.45. The topological polar surface area (TPSA) is 131 Å². The zero-order chi connectivity index (χ0) is 43.6. The SMILES string of the molecule is OCC[N+](CCO)(CCO)c1c(I)c(S)c(CN(CCS)CCN(CCS)CCN(CCS)Cc2c(S)c(I)c([N+](CCO)(CCO)CCO)c(I)c2S)c(S)c1I. The molecule has 0 fully saturated rings. The first-order valence-electron chi connectivity index (χ1n) is 18.9. The average molecular weight is 1390 g/mol. The molecular weight excluding hydrogens is 1330 g/mol. The lowest BCUT2D eigenvalue weighted by Crippen LogP contribution is -2.55. The van der Waals surface area contributed by atoms with Crippen molar-refractivity contribution in [1.82, 2.24) is 23.7 Å². The molecule has 0 radical (unpaired) electrons. The van der Waals surface area contributed by atoms with Crippen molar-refractivity contribution in [2.75, 3.05) is 142 Å². The molecule has 0 saturated carbocycles. The van der Waals surface area contributed by atoms with Crippen molar-refractivity contribution in [2.24, 2.45) is 0 Å². The number of halogens is 4. The van der Waals surface area contributed by atoms with E-state index in [9.17, 15) is 30.6 Å². The van der Waals surface area contributed by atoms with Gasteiger partial charge in [-0.05, 0) is 101 Å². The van der Waals surface area contributed by atoms with E-state index in [1.807, 2.05) is 0 Å². The molecular formula is C36H61I4N5O6S7+2. The third-order valence-electron chi connectivity index (χ3n) is 10.4. The van der Waals surface area contributed by atoms with E-state index in [-0.39, 0.29) is 48.6 Å². The van der Waals surface area contributed by atoms with Crippen LogP contribution < -0.4 is 8.97 Å². The van der Waals surface area contributed by atoms with Crippen molar-refractivity contribution in [2.45, 2.75) is 32.7 Å². The summed E-state index contributed by atoms with van der Waals surface area (Å²) in [5, 5.41) is 60.1. The maximum Gasteiger partial charge on any atom is 0.162 e. The Labute approximate surface area is 438 Å². The number of nitrogens with zero attached hydrogens (tertiary/aromatic N) is 5. The van der Waals surface area contributed by atoms with E-state index in [1.54, 1.807) is 0 Å². The van der Waals surface area contributed by atoms with Gasteiger partial charge in [0.1, 0.15) is 39.3 Å². The Morgan fingerprint density at radius 3 is 0.828 bits per heavy atom. The van der Waals surface area contributed by atoms with E-state index in [0.717, 1.165) is 102 Å². The molecule has 0 unspecified atom stereocenters. The van der Waals surface area contributed by atoms with E-state index in [4.69, 9.17) is 50.5 Å². The lowest BCUT2D eigenvalue weighted by Gasteiger charge is -2.39. The van der Waals surface area contributed by atoms with Gasteiger partial charge in [0.2, 0.25) is 0 Å². The molecule has 0 atom stereocenters. The highest BCUT2D eigenvalue weighted by atomic mass is 127. The Morgan fingerprint density at radius 1 is 0.379 bits per heavy atom. The number of quaternary nitrogens is 2. The summed E-state index contributed by atoms with van der Waals surface area (Å²) in [5.41, 5.74) is 3.83. The Kier molecular flexibility index (Phi) is 29.6. The first kappa shape index (κ1) is 57.5. The van der Waals surface area contributed by atoms with Gasteiger partial charge in [-0.1, -0.05) is 0 Å². The number of thiol groups is 7. The quantitative estimate of drug-likeness (QED) is 0.0316. The van der Waals surface area contributed by atoms with Crippen LogP contribution in [-0.4, -0.2) is 187 Å². The standard InChI is InChI=1S/C36H59I4N5O6S7/c37-27-31(44(8-14-46,9-15-47)10-16-48)28(38)34(56)25(33(27)55)23-42(6-21-53)3-1-41(5-20-52)2-4-43(7-22-54)24-26-35(57)29(39)32(30(40)36(26)58)45(11-17-49,12-18-50)13-19-51/h46-51H,1-24H2,(H5-2,52,53,54,55,56,57,58)/p+2. The Bertz CT molecular complexity index is 1380. The first-order chi connectivity index (χ1) is 27.7. The van der Waals surface area contributed by atoms with Gasteiger partial charge in [-0.2, -0.15) is 37.9 Å². The van der Waals surface area contributed by atoms with Crippen LogP contribution in [0.25, 0.3) is 0 Å². The molecule has 0 bridgehead atoms. The summed E-state index contributed by atoms with van der Waals surface area (Å²) in [6.45, 7) is 8.30. The summed E-state index contributed by atoms with van der Waals surface area (Å²) in [7, 11) is 0. The molecule has 11 nitrogen and oxygen atoms in total. The molecule has 22 heteroatoms. The second-order valence-electron chi connectivity index (χ2n) is 13.8. The molecule has 0 amide bonds. The van der Waals surface area contributed by atoms with Gasteiger partial charge in [0.25, 0.3) is 0 Å².